The van der Waals surface area contributed by atoms with Gasteiger partial charge in [-0.05, 0) is 12.1 Å². The van der Waals surface area contributed by atoms with Gasteiger partial charge in [-0.1, -0.05) is 17.4 Å². The highest BCUT2D eigenvalue weighted by molar-refractivity contribution is 7.14. The van der Waals surface area contributed by atoms with E-state index >= 15 is 0 Å². The summed E-state index contributed by atoms with van der Waals surface area (Å²) in [6.45, 7) is 0.411. The fraction of sp³-hybridized carbons (Fsp3) is 0.0909. The van der Waals surface area contributed by atoms with Gasteiger partial charge in [0, 0.05) is 24.5 Å². The van der Waals surface area contributed by atoms with Crippen LogP contribution in [0, 0.1) is 0 Å². The van der Waals surface area contributed by atoms with Crippen molar-refractivity contribution in [2.45, 2.75) is 6.54 Å². The Labute approximate surface area is 101 Å². The number of hydrogen-bond donors (Lipinski definition) is 1. The standard InChI is InChI=1S/C11H9N5S/c12-6-9-15-16-11(17-9)7-2-1-3-8-10(7)14-5-4-13-8/h1-5H,6,12H2. The van der Waals surface area contributed by atoms with E-state index in [9.17, 15) is 0 Å². The molecule has 0 aliphatic rings. The number of hydrogen-bond acceptors (Lipinski definition) is 6. The molecule has 3 rings (SSSR count). The van der Waals surface area contributed by atoms with Gasteiger partial charge in [-0.3, -0.25) is 9.97 Å². The molecule has 6 heteroatoms. The topological polar surface area (TPSA) is 77.6 Å². The molecule has 2 N–H and O–H groups in total. The molecule has 0 atom stereocenters. The molecule has 0 bridgehead atoms. The SMILES string of the molecule is NCc1nnc(-c2cccc3nccnc23)s1. The Bertz CT molecular complexity index is 658. The molecule has 0 aliphatic carbocycles. The predicted octanol–water partition coefficient (Wildman–Crippen LogP) is 1.61. The largest absolute Gasteiger partial charge is 0.324 e. The van der Waals surface area contributed by atoms with Crippen LogP contribution < -0.4 is 5.73 Å². The lowest BCUT2D eigenvalue weighted by Gasteiger charge is -2.00. The quantitative estimate of drug-likeness (QED) is 0.739. The van der Waals surface area contributed by atoms with Gasteiger partial charge in [0.15, 0.2) is 0 Å². The molecular formula is C11H9N5S. The zero-order chi connectivity index (χ0) is 11.7. The first kappa shape index (κ1) is 10.2. The first-order valence-corrected chi connectivity index (χ1v) is 5.92. The second kappa shape index (κ2) is 4.15. The van der Waals surface area contributed by atoms with Gasteiger partial charge in [-0.25, -0.2) is 0 Å². The van der Waals surface area contributed by atoms with Crippen LogP contribution in [0.3, 0.4) is 0 Å². The summed E-state index contributed by atoms with van der Waals surface area (Å²) >= 11 is 1.49. The van der Waals surface area contributed by atoms with Gasteiger partial charge in [-0.2, -0.15) is 0 Å². The van der Waals surface area contributed by atoms with Gasteiger partial charge >= 0.3 is 0 Å². The van der Waals surface area contributed by atoms with E-state index < -0.39 is 0 Å². The van der Waals surface area contributed by atoms with Crippen LogP contribution in [0.2, 0.25) is 0 Å². The minimum Gasteiger partial charge on any atom is -0.324 e. The van der Waals surface area contributed by atoms with Crippen molar-refractivity contribution in [1.29, 1.82) is 0 Å². The van der Waals surface area contributed by atoms with Crippen molar-refractivity contribution in [3.05, 3.63) is 35.6 Å². The van der Waals surface area contributed by atoms with Crippen molar-refractivity contribution in [3.8, 4) is 10.6 Å². The number of fused-ring (bicyclic) bond motifs is 1. The van der Waals surface area contributed by atoms with Crippen LogP contribution in [-0.2, 0) is 6.54 Å². The highest BCUT2D eigenvalue weighted by atomic mass is 32.1. The summed E-state index contributed by atoms with van der Waals surface area (Å²) in [5.74, 6) is 0. The van der Waals surface area contributed by atoms with Crippen LogP contribution in [0.15, 0.2) is 30.6 Å². The molecule has 0 saturated heterocycles. The summed E-state index contributed by atoms with van der Waals surface area (Å²) < 4.78 is 0. The average Bonchev–Trinajstić information content (AvgIpc) is 2.87. The Hall–Kier alpha value is -1.92. The van der Waals surface area contributed by atoms with Gasteiger partial charge in [0.05, 0.1) is 11.0 Å². The predicted molar refractivity (Wildman–Crippen MR) is 66.3 cm³/mol. The molecular weight excluding hydrogens is 234 g/mol. The molecule has 0 aliphatic heterocycles. The minimum absolute atomic E-state index is 0.411. The molecule has 5 nitrogen and oxygen atoms in total. The monoisotopic (exact) mass is 243 g/mol. The fourth-order valence-electron chi connectivity index (χ4n) is 1.61. The van der Waals surface area contributed by atoms with E-state index in [1.807, 2.05) is 18.2 Å². The molecule has 0 spiro atoms. The summed E-state index contributed by atoms with van der Waals surface area (Å²) in [4.78, 5) is 8.60. The molecule has 0 amide bonds. The maximum absolute atomic E-state index is 5.53. The van der Waals surface area contributed by atoms with Crippen LogP contribution in [0.1, 0.15) is 5.01 Å². The highest BCUT2D eigenvalue weighted by Crippen LogP contribution is 2.28. The maximum atomic E-state index is 5.53. The summed E-state index contributed by atoms with van der Waals surface area (Å²) in [5.41, 5.74) is 8.18. The van der Waals surface area contributed by atoms with E-state index in [0.717, 1.165) is 26.6 Å². The normalized spacial score (nSPS) is 10.9. The first-order chi connectivity index (χ1) is 8.38. The molecule has 1 aromatic carbocycles. The Morgan fingerprint density at radius 1 is 1.12 bits per heavy atom. The van der Waals surface area contributed by atoms with Crippen LogP contribution in [0.4, 0.5) is 0 Å². The summed E-state index contributed by atoms with van der Waals surface area (Å²) in [5, 5.41) is 9.79. The van der Waals surface area contributed by atoms with Crippen molar-refractivity contribution in [2.75, 3.05) is 0 Å². The number of para-hydroxylation sites is 1. The van der Waals surface area contributed by atoms with Crippen molar-refractivity contribution < 1.29 is 0 Å². The van der Waals surface area contributed by atoms with Crippen LogP contribution >= 0.6 is 11.3 Å². The third-order valence-corrected chi connectivity index (χ3v) is 3.35. The number of benzene rings is 1. The van der Waals surface area contributed by atoms with E-state index in [-0.39, 0.29) is 0 Å². The van der Waals surface area contributed by atoms with Gasteiger partial charge in [0.25, 0.3) is 0 Å². The van der Waals surface area contributed by atoms with Crippen LogP contribution in [-0.4, -0.2) is 20.2 Å². The van der Waals surface area contributed by atoms with Gasteiger partial charge in [0.2, 0.25) is 0 Å². The highest BCUT2D eigenvalue weighted by Gasteiger charge is 2.10. The number of nitrogens with zero attached hydrogens (tertiary/aromatic N) is 4. The molecule has 0 fully saturated rings. The number of rotatable bonds is 2. The van der Waals surface area contributed by atoms with E-state index in [2.05, 4.69) is 20.2 Å². The molecule has 17 heavy (non-hydrogen) atoms. The lowest BCUT2D eigenvalue weighted by atomic mass is 10.2. The average molecular weight is 243 g/mol. The third-order valence-electron chi connectivity index (χ3n) is 2.37. The Morgan fingerprint density at radius 3 is 2.82 bits per heavy atom. The Morgan fingerprint density at radius 2 is 2.00 bits per heavy atom. The Balaban J connectivity index is 2.23. The number of nitrogens with two attached hydrogens (primary N) is 1. The molecule has 2 aromatic heterocycles. The Kier molecular flexibility index (Phi) is 2.50. The first-order valence-electron chi connectivity index (χ1n) is 5.11. The van der Waals surface area contributed by atoms with Crippen molar-refractivity contribution in [1.82, 2.24) is 20.2 Å². The number of aromatic nitrogens is 4. The zero-order valence-electron chi connectivity index (χ0n) is 8.87. The van der Waals surface area contributed by atoms with Crippen LogP contribution in [0.25, 0.3) is 21.6 Å². The molecule has 0 radical (unpaired) electrons. The van der Waals surface area contributed by atoms with E-state index in [0.29, 0.717) is 6.54 Å². The van der Waals surface area contributed by atoms with Gasteiger partial charge < -0.3 is 5.73 Å². The molecule has 3 aromatic rings. The van der Waals surface area contributed by atoms with Gasteiger partial charge in [0.1, 0.15) is 10.0 Å². The molecule has 2 heterocycles. The lowest BCUT2D eigenvalue weighted by Crippen LogP contribution is -1.94. The maximum Gasteiger partial charge on any atom is 0.150 e. The third kappa shape index (κ3) is 1.77. The summed E-state index contributed by atoms with van der Waals surface area (Å²) in [6.07, 6.45) is 3.36. The van der Waals surface area contributed by atoms with E-state index in [4.69, 9.17) is 5.73 Å². The second-order valence-corrected chi connectivity index (χ2v) is 4.50. The van der Waals surface area contributed by atoms with Crippen molar-refractivity contribution >= 4 is 22.4 Å². The summed E-state index contributed by atoms with van der Waals surface area (Å²) in [7, 11) is 0. The van der Waals surface area contributed by atoms with Crippen molar-refractivity contribution in [2.24, 2.45) is 5.73 Å². The lowest BCUT2D eigenvalue weighted by molar-refractivity contribution is 0.960. The minimum atomic E-state index is 0.411. The summed E-state index contributed by atoms with van der Waals surface area (Å²) in [6, 6.07) is 5.84. The molecule has 84 valence electrons. The van der Waals surface area contributed by atoms with E-state index in [1.165, 1.54) is 11.3 Å². The smallest absolute Gasteiger partial charge is 0.150 e. The molecule has 0 saturated carbocycles. The molecule has 0 unspecified atom stereocenters. The fourth-order valence-corrected chi connectivity index (χ4v) is 2.35. The zero-order valence-corrected chi connectivity index (χ0v) is 9.68. The second-order valence-electron chi connectivity index (χ2n) is 3.43. The van der Waals surface area contributed by atoms with E-state index in [1.54, 1.807) is 12.4 Å². The van der Waals surface area contributed by atoms with Crippen LogP contribution in [0.5, 0.6) is 0 Å². The van der Waals surface area contributed by atoms with Crippen molar-refractivity contribution in [3.63, 3.8) is 0 Å². The van der Waals surface area contributed by atoms with Gasteiger partial charge in [-0.15, -0.1) is 10.2 Å².